The number of ether oxygens (including phenoxy) is 2. The largest absolute Gasteiger partial charge is 0.495 e. The monoisotopic (exact) mass is 441 g/mol. The Balaban J connectivity index is 1.31. The maximum absolute atomic E-state index is 5.81. The van der Waals surface area contributed by atoms with Crippen LogP contribution in [0.4, 0.5) is 22.7 Å². The molecule has 5 nitrogen and oxygen atoms in total. The second kappa shape index (κ2) is 10.3. The van der Waals surface area contributed by atoms with Gasteiger partial charge in [0.05, 0.1) is 12.8 Å². The first-order valence-electron chi connectivity index (χ1n) is 10.1. The molecule has 0 aliphatic carbocycles. The number of benzene rings is 4. The first kappa shape index (κ1) is 21.2. The molecule has 0 bridgehead atoms. The Labute approximate surface area is 193 Å². The van der Waals surface area contributed by atoms with Crippen molar-refractivity contribution in [2.24, 2.45) is 0 Å². The Morgan fingerprint density at radius 1 is 0.625 bits per heavy atom. The van der Waals surface area contributed by atoms with Crippen LogP contribution in [-0.2, 0) is 0 Å². The molecule has 0 heterocycles. The smallest absolute Gasteiger partial charge is 0.175 e. The lowest BCUT2D eigenvalue weighted by molar-refractivity contribution is 0.417. The van der Waals surface area contributed by atoms with Crippen LogP contribution < -0.4 is 25.4 Å². The van der Waals surface area contributed by atoms with Crippen molar-refractivity contribution in [2.75, 3.05) is 23.1 Å². The van der Waals surface area contributed by atoms with Gasteiger partial charge in [-0.25, -0.2) is 0 Å². The fraction of sp³-hybridized carbons (Fsp3) is 0.0385. The van der Waals surface area contributed by atoms with E-state index in [0.29, 0.717) is 5.11 Å². The molecule has 0 fully saturated rings. The van der Waals surface area contributed by atoms with Crippen molar-refractivity contribution in [3.8, 4) is 17.2 Å². The van der Waals surface area contributed by atoms with Gasteiger partial charge in [0.25, 0.3) is 0 Å². The number of nitrogens with one attached hydrogen (secondary N) is 3. The summed E-state index contributed by atoms with van der Waals surface area (Å²) < 4.78 is 11.2. The molecular weight excluding hydrogens is 418 g/mol. The highest BCUT2D eigenvalue weighted by Crippen LogP contribution is 2.27. The zero-order valence-electron chi connectivity index (χ0n) is 17.5. The van der Waals surface area contributed by atoms with Crippen LogP contribution in [0.2, 0.25) is 0 Å². The van der Waals surface area contributed by atoms with Gasteiger partial charge in [0.15, 0.2) is 5.11 Å². The van der Waals surface area contributed by atoms with E-state index < -0.39 is 0 Å². The molecule has 0 atom stereocenters. The number of hydrogen-bond acceptors (Lipinski definition) is 4. The van der Waals surface area contributed by atoms with E-state index in [1.807, 2.05) is 103 Å². The van der Waals surface area contributed by atoms with Crippen LogP contribution in [0, 0.1) is 0 Å². The Morgan fingerprint density at radius 2 is 1.16 bits per heavy atom. The first-order valence-corrected chi connectivity index (χ1v) is 10.5. The number of para-hydroxylation sites is 3. The molecule has 32 heavy (non-hydrogen) atoms. The number of methoxy groups -OCH3 is 1. The zero-order chi connectivity index (χ0) is 22.2. The zero-order valence-corrected chi connectivity index (χ0v) is 18.4. The van der Waals surface area contributed by atoms with Crippen LogP contribution in [0.5, 0.6) is 17.2 Å². The van der Waals surface area contributed by atoms with Gasteiger partial charge in [-0.2, -0.15) is 0 Å². The number of hydrogen-bond donors (Lipinski definition) is 3. The summed E-state index contributed by atoms with van der Waals surface area (Å²) in [5.74, 6) is 2.35. The molecule has 4 aromatic carbocycles. The lowest BCUT2D eigenvalue weighted by Crippen LogP contribution is -2.18. The van der Waals surface area contributed by atoms with Crippen LogP contribution in [0.3, 0.4) is 0 Å². The minimum atomic E-state index is 0.507. The molecule has 3 N–H and O–H groups in total. The van der Waals surface area contributed by atoms with E-state index in [9.17, 15) is 0 Å². The fourth-order valence-corrected chi connectivity index (χ4v) is 3.30. The molecule has 0 aromatic heterocycles. The first-order chi connectivity index (χ1) is 15.7. The second-order valence-electron chi connectivity index (χ2n) is 6.92. The van der Waals surface area contributed by atoms with Crippen molar-refractivity contribution in [3.05, 3.63) is 103 Å². The third-order valence-electron chi connectivity index (χ3n) is 4.62. The molecule has 0 aliphatic heterocycles. The molecule has 4 rings (SSSR count). The second-order valence-corrected chi connectivity index (χ2v) is 7.33. The van der Waals surface area contributed by atoms with Crippen LogP contribution in [0.15, 0.2) is 103 Å². The lowest BCUT2D eigenvalue weighted by Gasteiger charge is -2.13. The molecule has 160 valence electrons. The maximum atomic E-state index is 5.81. The number of anilines is 4. The third kappa shape index (κ3) is 5.77. The topological polar surface area (TPSA) is 54.5 Å². The van der Waals surface area contributed by atoms with Gasteiger partial charge in [-0.3, -0.25) is 0 Å². The van der Waals surface area contributed by atoms with E-state index >= 15 is 0 Å². The normalized spacial score (nSPS) is 10.2. The van der Waals surface area contributed by atoms with Crippen molar-refractivity contribution in [3.63, 3.8) is 0 Å². The van der Waals surface area contributed by atoms with Crippen LogP contribution in [-0.4, -0.2) is 12.2 Å². The van der Waals surface area contributed by atoms with Gasteiger partial charge in [-0.15, -0.1) is 0 Å². The molecule has 6 heteroatoms. The predicted molar refractivity (Wildman–Crippen MR) is 136 cm³/mol. The van der Waals surface area contributed by atoms with E-state index in [1.54, 1.807) is 7.11 Å². The molecular formula is C26H23N3O2S. The molecule has 4 aromatic rings. The summed E-state index contributed by atoms with van der Waals surface area (Å²) in [6, 6.07) is 33.0. The highest BCUT2D eigenvalue weighted by Gasteiger charge is 2.04. The number of thiocarbonyl (C=S) groups is 1. The van der Waals surface area contributed by atoms with Crippen LogP contribution in [0.25, 0.3) is 0 Å². The van der Waals surface area contributed by atoms with Crippen molar-refractivity contribution < 1.29 is 9.47 Å². The lowest BCUT2D eigenvalue weighted by atomic mass is 10.2. The van der Waals surface area contributed by atoms with Crippen molar-refractivity contribution in [1.29, 1.82) is 0 Å². The molecule has 0 unspecified atom stereocenters. The summed E-state index contributed by atoms with van der Waals surface area (Å²) in [6.45, 7) is 0. The van der Waals surface area contributed by atoms with Gasteiger partial charge in [0.2, 0.25) is 0 Å². The van der Waals surface area contributed by atoms with Gasteiger partial charge in [-0.1, -0.05) is 30.3 Å². The fourth-order valence-electron chi connectivity index (χ4n) is 3.06. The van der Waals surface area contributed by atoms with Crippen LogP contribution >= 0.6 is 12.2 Å². The highest BCUT2D eigenvalue weighted by atomic mass is 32.1. The third-order valence-corrected chi connectivity index (χ3v) is 4.82. The van der Waals surface area contributed by atoms with Crippen molar-refractivity contribution in [1.82, 2.24) is 0 Å². The standard InChI is InChI=1S/C26H23N3O2S/c1-30-25-10-6-5-9-24(25)27-19-11-13-20(14-12-19)28-26(32)29-21-15-17-23(18-16-21)31-22-7-3-2-4-8-22/h2-18,27H,1H3,(H2,28,29,32). The molecule has 0 spiro atoms. The Bertz CT molecular complexity index is 1160. The molecule has 0 saturated carbocycles. The van der Waals surface area contributed by atoms with E-state index in [1.165, 1.54) is 0 Å². The Morgan fingerprint density at radius 3 is 1.81 bits per heavy atom. The molecule has 0 aliphatic rings. The molecule has 0 saturated heterocycles. The predicted octanol–water partition coefficient (Wildman–Crippen LogP) is 7.04. The van der Waals surface area contributed by atoms with Gasteiger partial charge in [-0.05, 0) is 85.0 Å². The van der Waals surface area contributed by atoms with E-state index in [2.05, 4.69) is 16.0 Å². The van der Waals surface area contributed by atoms with Gasteiger partial charge in [0.1, 0.15) is 17.2 Å². The summed E-state index contributed by atoms with van der Waals surface area (Å²) in [5.41, 5.74) is 3.62. The summed E-state index contributed by atoms with van der Waals surface area (Å²) in [7, 11) is 1.66. The van der Waals surface area contributed by atoms with Gasteiger partial charge < -0.3 is 25.4 Å². The summed E-state index contributed by atoms with van der Waals surface area (Å²) in [5, 5.41) is 10.2. The van der Waals surface area contributed by atoms with E-state index in [0.717, 1.165) is 40.0 Å². The number of rotatable bonds is 7. The van der Waals surface area contributed by atoms with Crippen molar-refractivity contribution >= 4 is 40.1 Å². The van der Waals surface area contributed by atoms with E-state index in [4.69, 9.17) is 21.7 Å². The molecule has 0 radical (unpaired) electrons. The summed E-state index contributed by atoms with van der Waals surface area (Å²) >= 11 is 5.44. The van der Waals surface area contributed by atoms with Gasteiger partial charge in [0, 0.05) is 17.1 Å². The highest BCUT2D eigenvalue weighted by molar-refractivity contribution is 7.80. The van der Waals surface area contributed by atoms with Crippen molar-refractivity contribution in [2.45, 2.75) is 0 Å². The Kier molecular flexibility index (Phi) is 6.84. The molecule has 0 amide bonds. The maximum Gasteiger partial charge on any atom is 0.175 e. The average molecular weight is 442 g/mol. The minimum Gasteiger partial charge on any atom is -0.495 e. The SMILES string of the molecule is COc1ccccc1Nc1ccc(NC(=S)Nc2ccc(Oc3ccccc3)cc2)cc1. The summed E-state index contributed by atoms with van der Waals surface area (Å²) in [6.07, 6.45) is 0. The van der Waals surface area contributed by atoms with Gasteiger partial charge >= 0.3 is 0 Å². The average Bonchev–Trinajstić information content (AvgIpc) is 2.83. The van der Waals surface area contributed by atoms with E-state index in [-0.39, 0.29) is 0 Å². The minimum absolute atomic E-state index is 0.507. The quantitative estimate of drug-likeness (QED) is 0.267. The van der Waals surface area contributed by atoms with Crippen LogP contribution in [0.1, 0.15) is 0 Å². The Hall–Kier alpha value is -4.03. The summed E-state index contributed by atoms with van der Waals surface area (Å²) in [4.78, 5) is 0.